The molecule has 1 N–H and O–H groups in total. The van der Waals surface area contributed by atoms with Crippen molar-refractivity contribution < 1.29 is 14.3 Å². The Hall–Kier alpha value is -2.83. The molecule has 2 fully saturated rings. The maximum Gasteiger partial charge on any atom is 0.255 e. The van der Waals surface area contributed by atoms with Gasteiger partial charge in [0, 0.05) is 41.5 Å². The summed E-state index contributed by atoms with van der Waals surface area (Å²) in [4.78, 5) is 34.5. The van der Waals surface area contributed by atoms with Crippen molar-refractivity contribution in [3.63, 3.8) is 0 Å². The Morgan fingerprint density at radius 2 is 1.94 bits per heavy atom. The SMILES string of the molecule is C[C@]12C(=O)N(CC3CCCO3)CC(=O)N1CC(c1ccc(Cl)cc1)c1c2[nH]c2ccccc12. The molecule has 7 heteroatoms. The molecule has 3 atom stereocenters. The van der Waals surface area contributed by atoms with Gasteiger partial charge in [0.25, 0.3) is 5.91 Å². The van der Waals surface area contributed by atoms with Crippen molar-refractivity contribution in [3.8, 4) is 0 Å². The molecule has 6 rings (SSSR count). The van der Waals surface area contributed by atoms with Gasteiger partial charge in [0.2, 0.25) is 5.91 Å². The van der Waals surface area contributed by atoms with Crippen molar-refractivity contribution in [3.05, 3.63) is 70.4 Å². The van der Waals surface area contributed by atoms with Crippen LogP contribution in [0.1, 0.15) is 42.5 Å². The predicted molar refractivity (Wildman–Crippen MR) is 126 cm³/mol. The Morgan fingerprint density at radius 3 is 2.70 bits per heavy atom. The van der Waals surface area contributed by atoms with Crippen molar-refractivity contribution in [2.45, 2.75) is 37.3 Å². The van der Waals surface area contributed by atoms with Gasteiger partial charge < -0.3 is 19.5 Å². The normalized spacial score (nSPS) is 27.2. The fourth-order valence-corrected chi connectivity index (χ4v) is 5.98. The molecule has 2 aromatic carbocycles. The Labute approximate surface area is 197 Å². The van der Waals surface area contributed by atoms with E-state index in [4.69, 9.17) is 16.3 Å². The fourth-order valence-electron chi connectivity index (χ4n) is 5.85. The second-order valence-electron chi connectivity index (χ2n) is 9.46. The lowest BCUT2D eigenvalue weighted by Crippen LogP contribution is -2.68. The van der Waals surface area contributed by atoms with E-state index in [0.29, 0.717) is 18.1 Å². The average Bonchev–Trinajstić information content (AvgIpc) is 3.47. The number of carbonyl (C=O) groups excluding carboxylic acids is 2. The molecule has 2 amide bonds. The quantitative estimate of drug-likeness (QED) is 0.637. The predicted octanol–water partition coefficient (Wildman–Crippen LogP) is 4.03. The zero-order valence-corrected chi connectivity index (χ0v) is 19.3. The van der Waals surface area contributed by atoms with Crippen molar-refractivity contribution in [2.24, 2.45) is 0 Å². The number of benzene rings is 2. The summed E-state index contributed by atoms with van der Waals surface area (Å²) in [7, 11) is 0. The highest BCUT2D eigenvalue weighted by atomic mass is 35.5. The molecule has 0 radical (unpaired) electrons. The summed E-state index contributed by atoms with van der Waals surface area (Å²) >= 11 is 6.15. The van der Waals surface area contributed by atoms with Crippen LogP contribution in [0.25, 0.3) is 10.9 Å². The van der Waals surface area contributed by atoms with Gasteiger partial charge in [-0.15, -0.1) is 0 Å². The monoisotopic (exact) mass is 463 g/mol. The highest BCUT2D eigenvalue weighted by Gasteiger charge is 2.56. The van der Waals surface area contributed by atoms with Gasteiger partial charge in [-0.05, 0) is 49.1 Å². The third-order valence-corrected chi connectivity index (χ3v) is 7.79. The van der Waals surface area contributed by atoms with Crippen LogP contribution in [-0.2, 0) is 19.9 Å². The second-order valence-corrected chi connectivity index (χ2v) is 9.90. The number of nitrogens with zero attached hydrogens (tertiary/aromatic N) is 2. The molecule has 33 heavy (non-hydrogen) atoms. The van der Waals surface area contributed by atoms with Crippen LogP contribution in [0.15, 0.2) is 48.5 Å². The number of amides is 2. The molecular weight excluding hydrogens is 438 g/mol. The van der Waals surface area contributed by atoms with Crippen LogP contribution in [0.4, 0.5) is 0 Å². The summed E-state index contributed by atoms with van der Waals surface area (Å²) in [6.45, 7) is 3.62. The average molecular weight is 464 g/mol. The van der Waals surface area contributed by atoms with Crippen LogP contribution < -0.4 is 0 Å². The first-order valence-corrected chi connectivity index (χ1v) is 11.9. The maximum atomic E-state index is 14.0. The van der Waals surface area contributed by atoms with Gasteiger partial charge in [0.05, 0.1) is 18.3 Å². The molecule has 6 nitrogen and oxygen atoms in total. The van der Waals surface area contributed by atoms with Gasteiger partial charge in [-0.2, -0.15) is 0 Å². The first-order valence-electron chi connectivity index (χ1n) is 11.5. The van der Waals surface area contributed by atoms with Crippen LogP contribution in [0.3, 0.4) is 0 Å². The Bertz CT molecular complexity index is 1250. The standard InChI is InChI=1S/C26H26ClN3O3/c1-26-24-23(19-6-2-3-7-21(19)28-24)20(16-8-10-17(27)11-9-16)14-30(26)22(31)15-29(25(26)32)13-18-5-4-12-33-18/h2-3,6-11,18,20,28H,4-5,12-15H2,1H3/t18?,20?,26-/m0/s1. The van der Waals surface area contributed by atoms with Crippen molar-refractivity contribution in [2.75, 3.05) is 26.2 Å². The van der Waals surface area contributed by atoms with Gasteiger partial charge in [-0.25, -0.2) is 0 Å². The lowest BCUT2D eigenvalue weighted by atomic mass is 9.76. The van der Waals surface area contributed by atoms with Crippen LogP contribution in [-0.4, -0.2) is 58.9 Å². The van der Waals surface area contributed by atoms with Crippen LogP contribution in [0.5, 0.6) is 0 Å². The number of nitrogens with one attached hydrogen (secondary N) is 1. The summed E-state index contributed by atoms with van der Waals surface area (Å²) in [6, 6.07) is 15.9. The number of ether oxygens (including phenoxy) is 1. The zero-order chi connectivity index (χ0) is 22.7. The second kappa shape index (κ2) is 7.61. The molecule has 3 aliphatic rings. The molecule has 1 aromatic heterocycles. The minimum Gasteiger partial charge on any atom is -0.376 e. The molecule has 2 unspecified atom stereocenters. The summed E-state index contributed by atoms with van der Waals surface area (Å²) < 4.78 is 5.77. The van der Waals surface area contributed by atoms with Gasteiger partial charge in [-0.1, -0.05) is 41.9 Å². The molecule has 2 saturated heterocycles. The van der Waals surface area contributed by atoms with Crippen LogP contribution >= 0.6 is 11.6 Å². The first kappa shape index (κ1) is 20.8. The Morgan fingerprint density at radius 1 is 1.15 bits per heavy atom. The van der Waals surface area contributed by atoms with Gasteiger partial charge in [0.15, 0.2) is 5.54 Å². The number of aromatic nitrogens is 1. The van der Waals surface area contributed by atoms with Gasteiger partial charge in [0.1, 0.15) is 0 Å². The smallest absolute Gasteiger partial charge is 0.255 e. The molecular formula is C26H26ClN3O3. The Kier molecular flexibility index (Phi) is 4.78. The summed E-state index contributed by atoms with van der Waals surface area (Å²) in [6.07, 6.45) is 1.93. The molecule has 170 valence electrons. The molecule has 0 bridgehead atoms. The summed E-state index contributed by atoms with van der Waals surface area (Å²) in [5.41, 5.74) is 2.87. The maximum absolute atomic E-state index is 14.0. The van der Waals surface area contributed by atoms with Gasteiger partial charge >= 0.3 is 0 Å². The number of carbonyl (C=O) groups is 2. The molecule has 0 aliphatic carbocycles. The fraction of sp³-hybridized carbons (Fsp3) is 0.385. The summed E-state index contributed by atoms with van der Waals surface area (Å²) in [5.74, 6) is -0.124. The van der Waals surface area contributed by atoms with Crippen molar-refractivity contribution >= 4 is 34.3 Å². The number of fused-ring (bicyclic) bond motifs is 5. The summed E-state index contributed by atoms with van der Waals surface area (Å²) in [5, 5.41) is 1.76. The number of hydrogen-bond donors (Lipinski definition) is 1. The Balaban J connectivity index is 1.50. The first-order chi connectivity index (χ1) is 16.0. The number of H-pyrrole nitrogens is 1. The number of rotatable bonds is 3. The third-order valence-electron chi connectivity index (χ3n) is 7.54. The topological polar surface area (TPSA) is 65.6 Å². The number of aromatic amines is 1. The zero-order valence-electron chi connectivity index (χ0n) is 18.5. The van der Waals surface area contributed by atoms with Gasteiger partial charge in [-0.3, -0.25) is 9.59 Å². The number of hydrogen-bond acceptors (Lipinski definition) is 3. The van der Waals surface area contributed by atoms with Crippen molar-refractivity contribution in [1.29, 1.82) is 0 Å². The van der Waals surface area contributed by atoms with E-state index in [2.05, 4.69) is 11.1 Å². The van der Waals surface area contributed by atoms with Crippen LogP contribution in [0, 0.1) is 0 Å². The molecule has 0 saturated carbocycles. The van der Waals surface area contributed by atoms with E-state index in [1.54, 1.807) is 9.80 Å². The van der Waals surface area contributed by atoms with Crippen molar-refractivity contribution in [1.82, 2.24) is 14.8 Å². The minimum absolute atomic E-state index is 0.00416. The highest BCUT2D eigenvalue weighted by molar-refractivity contribution is 6.30. The van der Waals surface area contributed by atoms with E-state index in [1.165, 1.54) is 0 Å². The minimum atomic E-state index is -1.08. The van der Waals surface area contributed by atoms with E-state index in [-0.39, 0.29) is 30.4 Å². The molecule has 3 aromatic rings. The number of piperazine rings is 1. The van der Waals surface area contributed by atoms with E-state index in [1.807, 2.05) is 49.4 Å². The lowest BCUT2D eigenvalue weighted by Gasteiger charge is -2.51. The molecule has 3 aliphatic heterocycles. The number of para-hydroxylation sites is 1. The molecule has 0 spiro atoms. The van der Waals surface area contributed by atoms with E-state index in [0.717, 1.165) is 47.2 Å². The highest BCUT2D eigenvalue weighted by Crippen LogP contribution is 2.48. The van der Waals surface area contributed by atoms with E-state index >= 15 is 0 Å². The van der Waals surface area contributed by atoms with E-state index < -0.39 is 5.54 Å². The third kappa shape index (κ3) is 3.11. The lowest BCUT2D eigenvalue weighted by molar-refractivity contribution is -0.167. The molecule has 4 heterocycles. The van der Waals surface area contributed by atoms with E-state index in [9.17, 15) is 9.59 Å². The van der Waals surface area contributed by atoms with Crippen LogP contribution in [0.2, 0.25) is 5.02 Å². The number of halogens is 1. The largest absolute Gasteiger partial charge is 0.376 e.